The van der Waals surface area contributed by atoms with Crippen LogP contribution in [0.25, 0.3) is 0 Å². The number of hydrogen-bond donors (Lipinski definition) is 0. The van der Waals surface area contributed by atoms with Gasteiger partial charge < -0.3 is 4.90 Å². The average molecular weight is 296 g/mol. The van der Waals surface area contributed by atoms with Gasteiger partial charge in [0.25, 0.3) is 5.91 Å². The largest absolute Gasteiger partial charge is 0.334 e. The van der Waals surface area contributed by atoms with E-state index < -0.39 is 0 Å². The van der Waals surface area contributed by atoms with Gasteiger partial charge in [0.15, 0.2) is 10.8 Å². The van der Waals surface area contributed by atoms with Gasteiger partial charge >= 0.3 is 0 Å². The Balaban J connectivity index is 2.11. The Bertz CT molecular complexity index is 441. The molecule has 0 radical (unpaired) electrons. The number of hydrogen-bond acceptors (Lipinski definition) is 3. The molecule has 1 aliphatic carbocycles. The van der Waals surface area contributed by atoms with Gasteiger partial charge in [0.05, 0.1) is 0 Å². The maximum Gasteiger partial charge on any atom is 0.274 e. The molecule has 0 saturated heterocycles. The van der Waals surface area contributed by atoms with Crippen LogP contribution in [0.4, 0.5) is 0 Å². The lowest BCUT2D eigenvalue weighted by Crippen LogP contribution is -2.40. The van der Waals surface area contributed by atoms with Crippen LogP contribution < -0.4 is 0 Å². The highest BCUT2D eigenvalue weighted by molar-refractivity contribution is 6.29. The van der Waals surface area contributed by atoms with Gasteiger partial charge in [0.2, 0.25) is 0 Å². The first-order valence-corrected chi connectivity index (χ1v) is 7.76. The number of carbonyl (C=O) groups excluding carboxylic acids is 1. The van der Waals surface area contributed by atoms with E-state index >= 15 is 0 Å². The summed E-state index contributed by atoms with van der Waals surface area (Å²) in [5.74, 6) is 0.574. The van der Waals surface area contributed by atoms with Crippen molar-refractivity contribution >= 4 is 17.5 Å². The van der Waals surface area contributed by atoms with Crippen LogP contribution in [0.2, 0.25) is 5.15 Å². The molecule has 1 saturated carbocycles. The summed E-state index contributed by atoms with van der Waals surface area (Å²) in [5, 5.41) is 8.01. The molecule has 0 unspecified atom stereocenters. The Kier molecular flexibility index (Phi) is 5.35. The molecule has 4 nitrogen and oxygen atoms in total. The minimum atomic E-state index is -0.0123. The maximum atomic E-state index is 12.6. The quantitative estimate of drug-likeness (QED) is 0.834. The summed E-state index contributed by atoms with van der Waals surface area (Å²) in [6.07, 6.45) is 5.64. The summed E-state index contributed by atoms with van der Waals surface area (Å²) in [7, 11) is 0. The lowest BCUT2D eigenvalue weighted by Gasteiger charge is -2.29. The van der Waals surface area contributed by atoms with Gasteiger partial charge in [-0.3, -0.25) is 4.79 Å². The van der Waals surface area contributed by atoms with E-state index in [4.69, 9.17) is 11.6 Å². The zero-order valence-electron chi connectivity index (χ0n) is 12.2. The van der Waals surface area contributed by atoms with Crippen molar-refractivity contribution in [3.8, 4) is 0 Å². The molecule has 0 aliphatic heterocycles. The van der Waals surface area contributed by atoms with E-state index in [0.717, 1.165) is 25.8 Å². The van der Waals surface area contributed by atoms with Gasteiger partial charge in [-0.2, -0.15) is 0 Å². The Morgan fingerprint density at radius 1 is 1.35 bits per heavy atom. The third-order valence-corrected chi connectivity index (χ3v) is 4.03. The molecule has 0 atom stereocenters. The zero-order chi connectivity index (χ0) is 14.5. The van der Waals surface area contributed by atoms with Crippen LogP contribution in [0.5, 0.6) is 0 Å². The molecule has 5 heteroatoms. The second kappa shape index (κ2) is 7.02. The number of nitrogens with zero attached hydrogens (tertiary/aromatic N) is 3. The lowest BCUT2D eigenvalue weighted by molar-refractivity contribution is 0.0664. The molecule has 110 valence electrons. The van der Waals surface area contributed by atoms with Gasteiger partial charge in [-0.25, -0.2) is 0 Å². The van der Waals surface area contributed by atoms with E-state index in [2.05, 4.69) is 24.0 Å². The van der Waals surface area contributed by atoms with E-state index in [-0.39, 0.29) is 5.91 Å². The Morgan fingerprint density at radius 3 is 2.60 bits per heavy atom. The zero-order valence-corrected chi connectivity index (χ0v) is 12.9. The number of halogens is 1. The Hall–Kier alpha value is -1.16. The minimum absolute atomic E-state index is 0.0123. The topological polar surface area (TPSA) is 46.1 Å². The van der Waals surface area contributed by atoms with Crippen LogP contribution in [0.1, 0.15) is 56.4 Å². The predicted octanol–water partition coefficient (Wildman–Crippen LogP) is 3.56. The second-order valence-electron chi connectivity index (χ2n) is 5.86. The van der Waals surface area contributed by atoms with Gasteiger partial charge in [-0.05, 0) is 37.3 Å². The van der Waals surface area contributed by atoms with Crippen LogP contribution in [0.3, 0.4) is 0 Å². The predicted molar refractivity (Wildman–Crippen MR) is 79.8 cm³/mol. The van der Waals surface area contributed by atoms with Crippen LogP contribution in [-0.2, 0) is 0 Å². The molecule has 0 spiro atoms. The monoisotopic (exact) mass is 295 g/mol. The lowest BCUT2D eigenvalue weighted by atomic mass is 10.1. The summed E-state index contributed by atoms with van der Waals surface area (Å²) in [4.78, 5) is 14.6. The normalized spacial score (nSPS) is 15.8. The molecule has 2 rings (SSSR count). The molecule has 0 aromatic carbocycles. The van der Waals surface area contributed by atoms with E-state index in [1.165, 1.54) is 12.8 Å². The van der Waals surface area contributed by atoms with E-state index in [9.17, 15) is 4.79 Å². The van der Waals surface area contributed by atoms with Gasteiger partial charge in [-0.15, -0.1) is 10.2 Å². The molecule has 0 bridgehead atoms. The van der Waals surface area contributed by atoms with Crippen molar-refractivity contribution in [3.05, 3.63) is 23.0 Å². The molecule has 1 fully saturated rings. The van der Waals surface area contributed by atoms with Crippen molar-refractivity contribution in [2.24, 2.45) is 5.92 Å². The molecule has 0 N–H and O–H groups in total. The molecular formula is C15H22ClN3O. The molecule has 1 aromatic rings. The fourth-order valence-electron chi connectivity index (χ4n) is 2.64. The summed E-state index contributed by atoms with van der Waals surface area (Å²) < 4.78 is 0. The highest BCUT2D eigenvalue weighted by atomic mass is 35.5. The van der Waals surface area contributed by atoms with Crippen molar-refractivity contribution in [2.45, 2.75) is 52.0 Å². The first kappa shape index (κ1) is 15.2. The Morgan fingerprint density at radius 2 is 2.05 bits per heavy atom. The van der Waals surface area contributed by atoms with E-state index in [1.807, 2.05) is 4.90 Å². The highest BCUT2D eigenvalue weighted by Gasteiger charge is 2.28. The van der Waals surface area contributed by atoms with Crippen LogP contribution in [0.15, 0.2) is 12.1 Å². The second-order valence-corrected chi connectivity index (χ2v) is 6.25. The fourth-order valence-corrected chi connectivity index (χ4v) is 2.74. The molecular weight excluding hydrogens is 274 g/mol. The standard InChI is InChI=1S/C15H22ClN3O/c1-11(2)9-10-19(12-5-3-4-6-12)15(20)13-7-8-14(16)18-17-13/h7-8,11-12H,3-6,9-10H2,1-2H3. The first-order chi connectivity index (χ1) is 9.58. The number of amides is 1. The average Bonchev–Trinajstić information content (AvgIpc) is 2.93. The molecule has 1 amide bonds. The summed E-state index contributed by atoms with van der Waals surface area (Å²) in [5.41, 5.74) is 0.394. The molecule has 20 heavy (non-hydrogen) atoms. The minimum Gasteiger partial charge on any atom is -0.334 e. The van der Waals surface area contributed by atoms with Crippen molar-refractivity contribution in [2.75, 3.05) is 6.54 Å². The maximum absolute atomic E-state index is 12.6. The third-order valence-electron chi connectivity index (χ3n) is 3.82. The molecule has 1 heterocycles. The van der Waals surface area contributed by atoms with Crippen molar-refractivity contribution < 1.29 is 4.79 Å². The smallest absolute Gasteiger partial charge is 0.274 e. The van der Waals surface area contributed by atoms with Crippen molar-refractivity contribution in [3.63, 3.8) is 0 Å². The summed E-state index contributed by atoms with van der Waals surface area (Å²) in [6, 6.07) is 3.64. The van der Waals surface area contributed by atoms with Crippen molar-refractivity contribution in [1.82, 2.24) is 15.1 Å². The SMILES string of the molecule is CC(C)CCN(C(=O)c1ccc(Cl)nn1)C1CCCC1. The first-order valence-electron chi connectivity index (χ1n) is 7.38. The number of rotatable bonds is 5. The van der Waals surface area contributed by atoms with Crippen LogP contribution in [-0.4, -0.2) is 33.6 Å². The van der Waals surface area contributed by atoms with Crippen LogP contribution in [0, 0.1) is 5.92 Å². The molecule has 1 aliphatic rings. The van der Waals surface area contributed by atoms with Crippen molar-refractivity contribution in [1.29, 1.82) is 0 Å². The Labute approximate surface area is 125 Å². The van der Waals surface area contributed by atoms with E-state index in [1.54, 1.807) is 12.1 Å². The third kappa shape index (κ3) is 3.92. The van der Waals surface area contributed by atoms with Gasteiger partial charge in [-0.1, -0.05) is 38.3 Å². The summed E-state index contributed by atoms with van der Waals surface area (Å²) in [6.45, 7) is 5.16. The van der Waals surface area contributed by atoms with Gasteiger partial charge in [0, 0.05) is 12.6 Å². The van der Waals surface area contributed by atoms with Crippen LogP contribution >= 0.6 is 11.6 Å². The van der Waals surface area contributed by atoms with Gasteiger partial charge in [0.1, 0.15) is 0 Å². The summed E-state index contributed by atoms with van der Waals surface area (Å²) >= 11 is 5.73. The number of aromatic nitrogens is 2. The van der Waals surface area contributed by atoms with E-state index in [0.29, 0.717) is 22.8 Å². The number of carbonyl (C=O) groups is 1. The fraction of sp³-hybridized carbons (Fsp3) is 0.667. The highest BCUT2D eigenvalue weighted by Crippen LogP contribution is 2.25. The molecule has 1 aromatic heterocycles.